The van der Waals surface area contributed by atoms with Crippen LogP contribution in [-0.4, -0.2) is 37.1 Å². The monoisotopic (exact) mass is 300 g/mol. The quantitative estimate of drug-likeness (QED) is 0.633. The Morgan fingerprint density at radius 2 is 2.10 bits per heavy atom. The van der Waals surface area contributed by atoms with Crippen molar-refractivity contribution in [2.24, 2.45) is 0 Å². The molecule has 0 spiro atoms. The number of aryl methyl sites for hydroxylation is 2. The molecule has 7 nitrogen and oxygen atoms in total. The van der Waals surface area contributed by atoms with Gasteiger partial charge in [0.2, 0.25) is 15.9 Å². The highest BCUT2D eigenvalue weighted by Gasteiger charge is 2.23. The van der Waals surface area contributed by atoms with Crippen LogP contribution in [0.1, 0.15) is 37.1 Å². The van der Waals surface area contributed by atoms with Gasteiger partial charge in [-0.05, 0) is 33.1 Å². The second-order valence-electron chi connectivity index (χ2n) is 5.11. The maximum absolute atomic E-state index is 12.1. The number of hydrogen-bond acceptors (Lipinski definition) is 4. The van der Waals surface area contributed by atoms with Gasteiger partial charge in [-0.15, -0.1) is 0 Å². The van der Waals surface area contributed by atoms with E-state index in [1.54, 1.807) is 13.8 Å². The minimum absolute atomic E-state index is 0.0117. The van der Waals surface area contributed by atoms with Crippen LogP contribution in [0.3, 0.4) is 0 Å². The number of hydrogen-bond donors (Lipinski definition) is 3. The molecule has 1 aromatic rings. The largest absolute Gasteiger partial charge is 0.353 e. The zero-order valence-electron chi connectivity index (χ0n) is 11.7. The van der Waals surface area contributed by atoms with Gasteiger partial charge >= 0.3 is 0 Å². The maximum Gasteiger partial charge on any atom is 0.244 e. The Bertz CT molecular complexity index is 570. The Hall–Kier alpha value is -1.41. The summed E-state index contributed by atoms with van der Waals surface area (Å²) in [6.07, 6.45) is 2.92. The summed E-state index contributed by atoms with van der Waals surface area (Å²) >= 11 is 0. The van der Waals surface area contributed by atoms with Crippen LogP contribution in [0, 0.1) is 13.8 Å². The first-order chi connectivity index (χ1) is 9.40. The Morgan fingerprint density at radius 1 is 1.40 bits per heavy atom. The average Bonchev–Trinajstić information content (AvgIpc) is 3.09. The number of amides is 1. The molecule has 0 unspecified atom stereocenters. The van der Waals surface area contributed by atoms with Crippen molar-refractivity contribution < 1.29 is 13.2 Å². The number of sulfonamides is 1. The molecule has 0 atom stereocenters. The Morgan fingerprint density at radius 3 is 2.65 bits per heavy atom. The topological polar surface area (TPSA) is 104 Å². The number of rotatable bonds is 7. The van der Waals surface area contributed by atoms with E-state index < -0.39 is 10.0 Å². The Kier molecular flexibility index (Phi) is 4.44. The van der Waals surface area contributed by atoms with Crippen LogP contribution in [0.2, 0.25) is 0 Å². The van der Waals surface area contributed by atoms with Crippen molar-refractivity contribution in [1.29, 1.82) is 0 Å². The van der Waals surface area contributed by atoms with Crippen molar-refractivity contribution in [3.63, 3.8) is 0 Å². The summed E-state index contributed by atoms with van der Waals surface area (Å²) in [4.78, 5) is 11.6. The van der Waals surface area contributed by atoms with Crippen LogP contribution >= 0.6 is 0 Å². The predicted molar refractivity (Wildman–Crippen MR) is 73.6 cm³/mol. The van der Waals surface area contributed by atoms with Crippen LogP contribution < -0.4 is 10.0 Å². The van der Waals surface area contributed by atoms with E-state index in [9.17, 15) is 13.2 Å². The second kappa shape index (κ2) is 5.92. The lowest BCUT2D eigenvalue weighted by atomic mass is 10.3. The van der Waals surface area contributed by atoms with E-state index in [4.69, 9.17) is 0 Å². The van der Waals surface area contributed by atoms with Crippen LogP contribution in [0.25, 0.3) is 0 Å². The molecule has 1 saturated carbocycles. The number of aromatic amines is 1. The number of carbonyl (C=O) groups excluding carboxylic acids is 1. The van der Waals surface area contributed by atoms with Gasteiger partial charge in [0.1, 0.15) is 4.90 Å². The molecule has 112 valence electrons. The maximum atomic E-state index is 12.1. The molecule has 0 saturated heterocycles. The molecule has 1 heterocycles. The fourth-order valence-electron chi connectivity index (χ4n) is 1.99. The standard InChI is InChI=1S/C12H20N4O3S/c1-8-12(9(2)16-15-8)20(18,19)13-7-3-4-11(17)14-10-5-6-10/h10,13H,3-7H2,1-2H3,(H,14,17)(H,15,16). The lowest BCUT2D eigenvalue weighted by molar-refractivity contribution is -0.121. The molecule has 3 N–H and O–H groups in total. The molecule has 1 aromatic heterocycles. The van der Waals surface area contributed by atoms with Crippen molar-refractivity contribution in [3.8, 4) is 0 Å². The molecule has 1 aliphatic rings. The molecular formula is C12H20N4O3S. The molecule has 0 bridgehead atoms. The van der Waals surface area contributed by atoms with E-state index in [1.807, 2.05) is 0 Å². The number of carbonyl (C=O) groups is 1. The normalized spacial score (nSPS) is 15.3. The zero-order chi connectivity index (χ0) is 14.8. The molecule has 1 fully saturated rings. The summed E-state index contributed by atoms with van der Waals surface area (Å²) in [6, 6.07) is 0.343. The number of aromatic nitrogens is 2. The van der Waals surface area contributed by atoms with Crippen LogP contribution in [-0.2, 0) is 14.8 Å². The third kappa shape index (κ3) is 3.80. The van der Waals surface area contributed by atoms with E-state index >= 15 is 0 Å². The van der Waals surface area contributed by atoms with Gasteiger partial charge in [0.25, 0.3) is 0 Å². The van der Waals surface area contributed by atoms with Crippen molar-refractivity contribution in [1.82, 2.24) is 20.2 Å². The van der Waals surface area contributed by atoms with Gasteiger partial charge in [0.05, 0.1) is 11.4 Å². The van der Waals surface area contributed by atoms with Gasteiger partial charge in [-0.2, -0.15) is 5.10 Å². The third-order valence-corrected chi connectivity index (χ3v) is 4.87. The molecule has 1 amide bonds. The van der Waals surface area contributed by atoms with Crippen molar-refractivity contribution in [3.05, 3.63) is 11.4 Å². The summed E-state index contributed by atoms with van der Waals surface area (Å²) in [7, 11) is -3.56. The summed E-state index contributed by atoms with van der Waals surface area (Å²) in [6.45, 7) is 3.54. The fourth-order valence-corrected chi connectivity index (χ4v) is 3.43. The minimum atomic E-state index is -3.56. The lowest BCUT2D eigenvalue weighted by Crippen LogP contribution is -2.29. The van der Waals surface area contributed by atoms with Gasteiger partial charge in [0.15, 0.2) is 0 Å². The SMILES string of the molecule is Cc1n[nH]c(C)c1S(=O)(=O)NCCCC(=O)NC1CC1. The Balaban J connectivity index is 1.79. The molecule has 2 rings (SSSR count). The third-order valence-electron chi connectivity index (χ3n) is 3.14. The molecule has 0 aromatic carbocycles. The number of nitrogens with one attached hydrogen (secondary N) is 3. The predicted octanol–water partition coefficient (Wildman–Crippen LogP) is 0.364. The highest BCUT2D eigenvalue weighted by molar-refractivity contribution is 7.89. The fraction of sp³-hybridized carbons (Fsp3) is 0.667. The van der Waals surface area contributed by atoms with Crippen molar-refractivity contribution in [2.45, 2.75) is 50.5 Å². The summed E-state index contributed by atoms with van der Waals surface area (Å²) in [5.74, 6) is -0.0117. The molecule has 1 aliphatic carbocycles. The highest BCUT2D eigenvalue weighted by atomic mass is 32.2. The van der Waals surface area contributed by atoms with Crippen molar-refractivity contribution >= 4 is 15.9 Å². The van der Waals surface area contributed by atoms with Crippen LogP contribution in [0.5, 0.6) is 0 Å². The van der Waals surface area contributed by atoms with E-state index in [1.165, 1.54) is 0 Å². The highest BCUT2D eigenvalue weighted by Crippen LogP contribution is 2.19. The first-order valence-electron chi connectivity index (χ1n) is 6.71. The summed E-state index contributed by atoms with van der Waals surface area (Å²) < 4.78 is 26.7. The summed E-state index contributed by atoms with van der Waals surface area (Å²) in [5.41, 5.74) is 0.961. The van der Waals surface area contributed by atoms with Crippen LogP contribution in [0.4, 0.5) is 0 Å². The first-order valence-corrected chi connectivity index (χ1v) is 8.19. The smallest absolute Gasteiger partial charge is 0.244 e. The molecule has 20 heavy (non-hydrogen) atoms. The second-order valence-corrected chi connectivity index (χ2v) is 6.81. The van der Waals surface area contributed by atoms with E-state index in [-0.39, 0.29) is 17.3 Å². The van der Waals surface area contributed by atoms with Gasteiger partial charge in [-0.1, -0.05) is 0 Å². The first kappa shape index (κ1) is 15.0. The van der Waals surface area contributed by atoms with E-state index in [0.29, 0.717) is 30.3 Å². The molecular weight excluding hydrogens is 280 g/mol. The van der Waals surface area contributed by atoms with Gasteiger partial charge < -0.3 is 5.32 Å². The average molecular weight is 300 g/mol. The Labute approximate surface area is 118 Å². The number of nitrogens with zero attached hydrogens (tertiary/aromatic N) is 1. The molecule has 0 radical (unpaired) electrons. The van der Waals surface area contributed by atoms with Crippen molar-refractivity contribution in [2.75, 3.05) is 6.54 Å². The lowest BCUT2D eigenvalue weighted by Gasteiger charge is -2.07. The van der Waals surface area contributed by atoms with Gasteiger partial charge in [-0.3, -0.25) is 9.89 Å². The molecule has 8 heteroatoms. The van der Waals surface area contributed by atoms with E-state index in [2.05, 4.69) is 20.2 Å². The van der Waals surface area contributed by atoms with Gasteiger partial charge in [-0.25, -0.2) is 13.1 Å². The van der Waals surface area contributed by atoms with E-state index in [0.717, 1.165) is 12.8 Å². The van der Waals surface area contributed by atoms with Gasteiger partial charge in [0, 0.05) is 19.0 Å². The minimum Gasteiger partial charge on any atom is -0.353 e. The summed E-state index contributed by atoms with van der Waals surface area (Å²) in [5, 5.41) is 9.38. The zero-order valence-corrected chi connectivity index (χ0v) is 12.5. The number of H-pyrrole nitrogens is 1. The molecule has 0 aliphatic heterocycles. The van der Waals surface area contributed by atoms with Crippen LogP contribution in [0.15, 0.2) is 4.90 Å².